The smallest absolute Gasteiger partial charge is 0.307 e. The summed E-state index contributed by atoms with van der Waals surface area (Å²) in [5.74, 6) is -0.211. The second-order valence-electron chi connectivity index (χ2n) is 3.79. The number of nitrogens with one attached hydrogen (secondary N) is 1. The molecule has 94 valence electrons. The SMILES string of the molecule is Cc1csc(=O)n1CC(=O)Nc1cccc(Br)c1. The lowest BCUT2D eigenvalue weighted by atomic mass is 10.3. The van der Waals surface area contributed by atoms with Gasteiger partial charge in [-0.1, -0.05) is 33.3 Å². The molecule has 0 aliphatic carbocycles. The number of carbonyl (C=O) groups excluding carboxylic acids is 1. The highest BCUT2D eigenvalue weighted by atomic mass is 79.9. The van der Waals surface area contributed by atoms with Crippen molar-refractivity contribution in [2.24, 2.45) is 0 Å². The molecule has 6 heteroatoms. The maximum absolute atomic E-state index is 11.8. The van der Waals surface area contributed by atoms with E-state index >= 15 is 0 Å². The summed E-state index contributed by atoms with van der Waals surface area (Å²) in [6, 6.07) is 7.32. The van der Waals surface area contributed by atoms with Crippen LogP contribution >= 0.6 is 27.3 Å². The van der Waals surface area contributed by atoms with Crippen LogP contribution in [0.15, 0.2) is 38.9 Å². The topological polar surface area (TPSA) is 51.1 Å². The van der Waals surface area contributed by atoms with E-state index in [2.05, 4.69) is 21.2 Å². The number of amides is 1. The summed E-state index contributed by atoms with van der Waals surface area (Å²) in [6.07, 6.45) is 0. The molecule has 18 heavy (non-hydrogen) atoms. The number of thiazole rings is 1. The van der Waals surface area contributed by atoms with Gasteiger partial charge in [0.1, 0.15) is 6.54 Å². The van der Waals surface area contributed by atoms with Gasteiger partial charge in [0.25, 0.3) is 0 Å². The molecule has 2 aromatic rings. The molecule has 2 rings (SSSR count). The van der Waals surface area contributed by atoms with Crippen molar-refractivity contribution in [3.05, 3.63) is 49.5 Å². The van der Waals surface area contributed by atoms with Gasteiger partial charge in [0.05, 0.1) is 0 Å². The third kappa shape index (κ3) is 3.08. The number of rotatable bonds is 3. The van der Waals surface area contributed by atoms with Gasteiger partial charge in [-0.2, -0.15) is 0 Å². The highest BCUT2D eigenvalue weighted by Gasteiger charge is 2.08. The fourth-order valence-corrected chi connectivity index (χ4v) is 2.64. The van der Waals surface area contributed by atoms with Crippen LogP contribution in [0.25, 0.3) is 0 Å². The summed E-state index contributed by atoms with van der Waals surface area (Å²) in [5, 5.41) is 4.50. The van der Waals surface area contributed by atoms with E-state index in [1.807, 2.05) is 19.1 Å². The molecule has 0 spiro atoms. The number of hydrogen-bond donors (Lipinski definition) is 1. The number of hydrogen-bond acceptors (Lipinski definition) is 3. The molecular formula is C12H11BrN2O2S. The Labute approximate surface area is 116 Å². The second kappa shape index (κ2) is 5.49. The Balaban J connectivity index is 2.08. The maximum atomic E-state index is 11.8. The third-order valence-electron chi connectivity index (χ3n) is 2.39. The van der Waals surface area contributed by atoms with E-state index in [1.165, 1.54) is 4.57 Å². The summed E-state index contributed by atoms with van der Waals surface area (Å²) >= 11 is 4.43. The Bertz CT molecular complexity index is 633. The average molecular weight is 327 g/mol. The molecule has 4 nitrogen and oxygen atoms in total. The molecule has 1 aromatic heterocycles. The molecule has 0 bridgehead atoms. The number of anilines is 1. The standard InChI is InChI=1S/C12H11BrN2O2S/c1-8-7-18-12(17)15(8)6-11(16)14-10-4-2-3-9(13)5-10/h2-5,7H,6H2,1H3,(H,14,16). The Morgan fingerprint density at radius 3 is 2.89 bits per heavy atom. The molecule has 0 radical (unpaired) electrons. The van der Waals surface area contributed by atoms with Gasteiger partial charge in [0, 0.05) is 21.2 Å². The number of aromatic nitrogens is 1. The Hall–Kier alpha value is -1.40. The van der Waals surface area contributed by atoms with Gasteiger partial charge in [-0.3, -0.25) is 14.2 Å². The van der Waals surface area contributed by atoms with E-state index in [9.17, 15) is 9.59 Å². The van der Waals surface area contributed by atoms with E-state index in [0.717, 1.165) is 21.5 Å². The normalized spacial score (nSPS) is 10.3. The minimum absolute atomic E-state index is 0.0423. The first kappa shape index (κ1) is 13.0. The fraction of sp³-hybridized carbons (Fsp3) is 0.167. The van der Waals surface area contributed by atoms with E-state index in [-0.39, 0.29) is 17.3 Å². The van der Waals surface area contributed by atoms with Crippen molar-refractivity contribution in [3.63, 3.8) is 0 Å². The van der Waals surface area contributed by atoms with Gasteiger partial charge in [0.15, 0.2) is 0 Å². The minimum Gasteiger partial charge on any atom is -0.324 e. The van der Waals surface area contributed by atoms with E-state index in [1.54, 1.807) is 17.5 Å². The quantitative estimate of drug-likeness (QED) is 0.942. The highest BCUT2D eigenvalue weighted by Crippen LogP contribution is 2.15. The lowest BCUT2D eigenvalue weighted by Crippen LogP contribution is -2.25. The zero-order valence-electron chi connectivity index (χ0n) is 9.64. The fourth-order valence-electron chi connectivity index (χ4n) is 1.51. The van der Waals surface area contributed by atoms with E-state index in [0.29, 0.717) is 5.69 Å². The molecule has 1 aromatic carbocycles. The summed E-state index contributed by atoms with van der Waals surface area (Å²) in [4.78, 5) is 23.2. The van der Waals surface area contributed by atoms with Gasteiger partial charge in [-0.15, -0.1) is 0 Å². The van der Waals surface area contributed by atoms with Gasteiger partial charge in [0.2, 0.25) is 5.91 Å². The lowest BCUT2D eigenvalue weighted by molar-refractivity contribution is -0.116. The van der Waals surface area contributed by atoms with Crippen molar-refractivity contribution in [1.82, 2.24) is 4.57 Å². The van der Waals surface area contributed by atoms with Crippen molar-refractivity contribution in [2.45, 2.75) is 13.5 Å². The Morgan fingerprint density at radius 2 is 2.28 bits per heavy atom. The number of benzene rings is 1. The van der Waals surface area contributed by atoms with Crippen LogP contribution in [0.1, 0.15) is 5.69 Å². The molecule has 0 unspecified atom stereocenters. The van der Waals surface area contributed by atoms with Crippen LogP contribution in [0.4, 0.5) is 5.69 Å². The number of carbonyl (C=O) groups is 1. The third-order valence-corrected chi connectivity index (χ3v) is 3.76. The summed E-state index contributed by atoms with van der Waals surface area (Å²) in [7, 11) is 0. The molecule has 0 aliphatic heterocycles. The first-order valence-electron chi connectivity index (χ1n) is 5.26. The van der Waals surface area contributed by atoms with Crippen molar-refractivity contribution in [1.29, 1.82) is 0 Å². The van der Waals surface area contributed by atoms with Crippen LogP contribution in [0.3, 0.4) is 0 Å². The highest BCUT2D eigenvalue weighted by molar-refractivity contribution is 9.10. The molecular weight excluding hydrogens is 316 g/mol. The van der Waals surface area contributed by atoms with Crippen LogP contribution < -0.4 is 10.2 Å². The number of nitrogens with zero attached hydrogens (tertiary/aromatic N) is 1. The molecule has 0 saturated heterocycles. The Kier molecular flexibility index (Phi) is 3.98. The minimum atomic E-state index is -0.211. The van der Waals surface area contributed by atoms with Crippen LogP contribution in [0.2, 0.25) is 0 Å². The lowest BCUT2D eigenvalue weighted by Gasteiger charge is -2.07. The van der Waals surface area contributed by atoms with Crippen molar-refractivity contribution in [3.8, 4) is 0 Å². The summed E-state index contributed by atoms with van der Waals surface area (Å²) in [5.41, 5.74) is 1.50. The molecule has 1 N–H and O–H groups in total. The second-order valence-corrected chi connectivity index (χ2v) is 5.52. The van der Waals surface area contributed by atoms with Crippen LogP contribution in [0, 0.1) is 6.92 Å². The predicted octanol–water partition coefficient (Wildman–Crippen LogP) is 2.62. The zero-order chi connectivity index (χ0) is 13.1. The summed E-state index contributed by atoms with van der Waals surface area (Å²) < 4.78 is 2.35. The van der Waals surface area contributed by atoms with Crippen LogP contribution in [-0.2, 0) is 11.3 Å². The largest absolute Gasteiger partial charge is 0.324 e. The zero-order valence-corrected chi connectivity index (χ0v) is 12.0. The molecule has 1 heterocycles. The van der Waals surface area contributed by atoms with Crippen molar-refractivity contribution >= 4 is 38.9 Å². The average Bonchev–Trinajstić information content (AvgIpc) is 2.61. The van der Waals surface area contributed by atoms with Gasteiger partial charge < -0.3 is 5.32 Å². The molecule has 1 amide bonds. The molecule has 0 saturated carbocycles. The first-order chi connectivity index (χ1) is 8.56. The predicted molar refractivity (Wildman–Crippen MR) is 76.1 cm³/mol. The Morgan fingerprint density at radius 1 is 1.50 bits per heavy atom. The molecule has 0 aliphatic rings. The van der Waals surface area contributed by atoms with Crippen molar-refractivity contribution in [2.75, 3.05) is 5.32 Å². The van der Waals surface area contributed by atoms with Gasteiger partial charge in [-0.25, -0.2) is 0 Å². The van der Waals surface area contributed by atoms with E-state index in [4.69, 9.17) is 0 Å². The van der Waals surface area contributed by atoms with Crippen LogP contribution in [0.5, 0.6) is 0 Å². The number of aryl methyl sites for hydroxylation is 1. The van der Waals surface area contributed by atoms with Crippen LogP contribution in [-0.4, -0.2) is 10.5 Å². The number of halogens is 1. The molecule has 0 atom stereocenters. The first-order valence-corrected chi connectivity index (χ1v) is 6.94. The molecule has 0 fully saturated rings. The van der Waals surface area contributed by atoms with Crippen molar-refractivity contribution < 1.29 is 4.79 Å². The maximum Gasteiger partial charge on any atom is 0.307 e. The van der Waals surface area contributed by atoms with Gasteiger partial charge >= 0.3 is 4.87 Å². The monoisotopic (exact) mass is 326 g/mol. The van der Waals surface area contributed by atoms with Gasteiger partial charge in [-0.05, 0) is 25.1 Å². The van der Waals surface area contributed by atoms with E-state index < -0.39 is 0 Å². The summed E-state index contributed by atoms with van der Waals surface area (Å²) in [6.45, 7) is 1.85.